The van der Waals surface area contributed by atoms with E-state index < -0.39 is 0 Å². The predicted molar refractivity (Wildman–Crippen MR) is 104 cm³/mol. The molecule has 4 nitrogen and oxygen atoms in total. The molecule has 0 saturated carbocycles. The highest BCUT2D eigenvalue weighted by atomic mass is 16.5. The van der Waals surface area contributed by atoms with Crippen LogP contribution in [-0.2, 0) is 10.2 Å². The van der Waals surface area contributed by atoms with Gasteiger partial charge in [-0.2, -0.15) is 0 Å². The summed E-state index contributed by atoms with van der Waals surface area (Å²) >= 11 is 0. The molecule has 0 radical (unpaired) electrons. The van der Waals surface area contributed by atoms with Crippen molar-refractivity contribution in [1.29, 1.82) is 0 Å². The smallest absolute Gasteiger partial charge is 0.253 e. The summed E-state index contributed by atoms with van der Waals surface area (Å²) in [4.78, 5) is 17.6. The number of piperidine rings is 2. The van der Waals surface area contributed by atoms with E-state index in [1.165, 1.54) is 31.5 Å². The van der Waals surface area contributed by atoms with Gasteiger partial charge in [-0.15, -0.1) is 0 Å². The molecule has 0 spiro atoms. The molecule has 3 aliphatic rings. The number of carbonyl (C=O) groups is 1. The standard InChI is InChI=1S/C22H32N2O2/c1-17-4-3-11-24(14-17)20-9-12-23(13-10-20)21(25)18-5-7-19(8-6-18)22(2)15-26-16-22/h5-8,17,20H,3-4,9-16H2,1-2H3/t17-/m1/s1. The fourth-order valence-corrected chi connectivity index (χ4v) is 4.76. The van der Waals surface area contributed by atoms with E-state index in [4.69, 9.17) is 4.74 Å². The predicted octanol–water partition coefficient (Wildman–Crippen LogP) is 3.31. The normalized spacial score (nSPS) is 27.2. The number of benzene rings is 1. The Balaban J connectivity index is 1.33. The summed E-state index contributed by atoms with van der Waals surface area (Å²) in [5.74, 6) is 1.02. The topological polar surface area (TPSA) is 32.8 Å². The first-order valence-electron chi connectivity index (χ1n) is 10.3. The Morgan fingerprint density at radius 2 is 1.77 bits per heavy atom. The molecule has 3 fully saturated rings. The minimum Gasteiger partial charge on any atom is -0.379 e. The summed E-state index contributed by atoms with van der Waals surface area (Å²) in [6.45, 7) is 10.4. The van der Waals surface area contributed by atoms with Crippen molar-refractivity contribution < 1.29 is 9.53 Å². The quantitative estimate of drug-likeness (QED) is 0.833. The SMILES string of the molecule is C[C@@H]1CCCN(C2CCN(C(=O)c3ccc(C4(C)COC4)cc3)CC2)C1. The highest BCUT2D eigenvalue weighted by molar-refractivity contribution is 5.94. The molecule has 4 heteroatoms. The van der Waals surface area contributed by atoms with Gasteiger partial charge in [-0.3, -0.25) is 9.69 Å². The minimum absolute atomic E-state index is 0.130. The van der Waals surface area contributed by atoms with Crippen molar-refractivity contribution in [3.05, 3.63) is 35.4 Å². The van der Waals surface area contributed by atoms with Gasteiger partial charge in [0.2, 0.25) is 0 Å². The number of nitrogens with zero attached hydrogens (tertiary/aromatic N) is 2. The fourth-order valence-electron chi connectivity index (χ4n) is 4.76. The molecule has 0 unspecified atom stereocenters. The van der Waals surface area contributed by atoms with Crippen molar-refractivity contribution in [2.75, 3.05) is 39.4 Å². The van der Waals surface area contributed by atoms with Gasteiger partial charge in [0.1, 0.15) is 0 Å². The van der Waals surface area contributed by atoms with Crippen LogP contribution in [0.1, 0.15) is 55.5 Å². The molecule has 0 aromatic heterocycles. The summed E-state index contributed by atoms with van der Waals surface area (Å²) in [5, 5.41) is 0. The number of rotatable bonds is 3. The minimum atomic E-state index is 0.130. The van der Waals surface area contributed by atoms with Crippen LogP contribution < -0.4 is 0 Å². The Kier molecular flexibility index (Phi) is 5.07. The average molecular weight is 357 g/mol. The molecule has 3 aliphatic heterocycles. The third-order valence-electron chi connectivity index (χ3n) is 6.63. The van der Waals surface area contributed by atoms with Crippen molar-refractivity contribution in [3.63, 3.8) is 0 Å². The van der Waals surface area contributed by atoms with E-state index >= 15 is 0 Å². The van der Waals surface area contributed by atoms with E-state index in [1.54, 1.807) is 0 Å². The van der Waals surface area contributed by atoms with Crippen molar-refractivity contribution in [2.45, 2.75) is 51.0 Å². The molecule has 1 amide bonds. The first-order valence-corrected chi connectivity index (χ1v) is 10.3. The highest BCUT2D eigenvalue weighted by Crippen LogP contribution is 2.32. The number of amides is 1. The van der Waals surface area contributed by atoms with E-state index in [9.17, 15) is 4.79 Å². The van der Waals surface area contributed by atoms with Crippen LogP contribution in [0.4, 0.5) is 0 Å². The Labute approximate surface area is 157 Å². The van der Waals surface area contributed by atoms with E-state index in [2.05, 4.69) is 30.9 Å². The van der Waals surface area contributed by atoms with Crippen LogP contribution in [0.2, 0.25) is 0 Å². The summed E-state index contributed by atoms with van der Waals surface area (Å²) < 4.78 is 5.35. The molecule has 1 aromatic carbocycles. The molecule has 0 aliphatic carbocycles. The zero-order valence-corrected chi connectivity index (χ0v) is 16.2. The second-order valence-electron chi connectivity index (χ2n) is 8.90. The van der Waals surface area contributed by atoms with Gasteiger partial charge in [0.05, 0.1) is 13.2 Å². The van der Waals surface area contributed by atoms with Gasteiger partial charge in [-0.1, -0.05) is 26.0 Å². The molecule has 1 aromatic rings. The van der Waals surface area contributed by atoms with E-state index in [0.717, 1.165) is 50.6 Å². The zero-order chi connectivity index (χ0) is 18.1. The second-order valence-corrected chi connectivity index (χ2v) is 8.90. The van der Waals surface area contributed by atoms with Crippen LogP contribution in [0.25, 0.3) is 0 Å². The molecule has 142 valence electrons. The molecular formula is C22H32N2O2. The largest absolute Gasteiger partial charge is 0.379 e. The molecule has 3 saturated heterocycles. The van der Waals surface area contributed by atoms with E-state index in [-0.39, 0.29) is 11.3 Å². The maximum Gasteiger partial charge on any atom is 0.253 e. The molecule has 3 heterocycles. The molecule has 4 rings (SSSR count). The van der Waals surface area contributed by atoms with E-state index in [1.807, 2.05) is 17.0 Å². The third-order valence-corrected chi connectivity index (χ3v) is 6.63. The van der Waals surface area contributed by atoms with Gasteiger partial charge >= 0.3 is 0 Å². The first kappa shape index (κ1) is 18.0. The van der Waals surface area contributed by atoms with Crippen LogP contribution in [-0.4, -0.2) is 61.1 Å². The number of carbonyl (C=O) groups excluding carboxylic acids is 1. The van der Waals surface area contributed by atoms with Gasteiger partial charge in [-0.05, 0) is 55.8 Å². The van der Waals surface area contributed by atoms with Crippen molar-refractivity contribution in [3.8, 4) is 0 Å². The maximum absolute atomic E-state index is 12.9. The summed E-state index contributed by atoms with van der Waals surface area (Å²) in [7, 11) is 0. The summed E-state index contributed by atoms with van der Waals surface area (Å²) in [6, 6.07) is 8.89. The molecule has 0 bridgehead atoms. The van der Waals surface area contributed by atoms with E-state index in [0.29, 0.717) is 6.04 Å². The molecular weight excluding hydrogens is 324 g/mol. The van der Waals surface area contributed by atoms with Gasteiger partial charge in [0.25, 0.3) is 5.91 Å². The summed E-state index contributed by atoms with van der Waals surface area (Å²) in [5.41, 5.74) is 2.23. The highest BCUT2D eigenvalue weighted by Gasteiger charge is 2.35. The number of hydrogen-bond acceptors (Lipinski definition) is 3. The number of ether oxygens (including phenoxy) is 1. The Morgan fingerprint density at radius 3 is 2.35 bits per heavy atom. The lowest BCUT2D eigenvalue weighted by Crippen LogP contribution is -2.49. The second kappa shape index (κ2) is 7.32. The molecule has 0 N–H and O–H groups in total. The lowest BCUT2D eigenvalue weighted by atomic mass is 9.80. The van der Waals surface area contributed by atoms with Crippen molar-refractivity contribution in [2.24, 2.45) is 5.92 Å². The fraction of sp³-hybridized carbons (Fsp3) is 0.682. The molecule has 1 atom stereocenters. The third kappa shape index (κ3) is 3.54. The van der Waals surface area contributed by atoms with Crippen LogP contribution in [0.5, 0.6) is 0 Å². The summed E-state index contributed by atoms with van der Waals surface area (Å²) in [6.07, 6.45) is 4.93. The van der Waals surface area contributed by atoms with Gasteiger partial charge in [-0.25, -0.2) is 0 Å². The van der Waals surface area contributed by atoms with Gasteiger partial charge in [0.15, 0.2) is 0 Å². The van der Waals surface area contributed by atoms with Crippen molar-refractivity contribution in [1.82, 2.24) is 9.80 Å². The Bertz CT molecular complexity index is 630. The lowest BCUT2D eigenvalue weighted by molar-refractivity contribution is -0.0500. The number of hydrogen-bond donors (Lipinski definition) is 0. The number of likely N-dealkylation sites (tertiary alicyclic amines) is 2. The van der Waals surface area contributed by atoms with Crippen molar-refractivity contribution >= 4 is 5.91 Å². The first-order chi connectivity index (χ1) is 12.5. The van der Waals surface area contributed by atoms with Gasteiger partial charge in [0, 0.05) is 36.7 Å². The monoisotopic (exact) mass is 356 g/mol. The van der Waals surface area contributed by atoms with Crippen LogP contribution in [0, 0.1) is 5.92 Å². The van der Waals surface area contributed by atoms with Gasteiger partial charge < -0.3 is 9.64 Å². The lowest BCUT2D eigenvalue weighted by Gasteiger charge is -2.42. The Morgan fingerprint density at radius 1 is 1.08 bits per heavy atom. The van der Waals surface area contributed by atoms with Crippen LogP contribution >= 0.6 is 0 Å². The maximum atomic E-state index is 12.9. The zero-order valence-electron chi connectivity index (χ0n) is 16.2. The molecule has 26 heavy (non-hydrogen) atoms. The van der Waals surface area contributed by atoms with Crippen LogP contribution in [0.3, 0.4) is 0 Å². The Hall–Kier alpha value is -1.39. The van der Waals surface area contributed by atoms with Crippen LogP contribution in [0.15, 0.2) is 24.3 Å². The average Bonchev–Trinajstić information content (AvgIpc) is 2.66.